The molecule has 3 N–H and O–H groups in total. The summed E-state index contributed by atoms with van der Waals surface area (Å²) in [6.45, 7) is 4.33. The van der Waals surface area contributed by atoms with Crippen molar-refractivity contribution in [3.8, 4) is 0 Å². The third kappa shape index (κ3) is 76.6. The van der Waals surface area contributed by atoms with E-state index in [1.165, 1.54) is 0 Å². The number of hydrogen-bond donors (Lipinski definition) is 3. The van der Waals surface area contributed by atoms with Crippen molar-refractivity contribution in [2.24, 2.45) is 0 Å². The molecule has 0 aromatic carbocycles. The Kier molecular flexibility index (Phi) is 73.5. The third-order valence-electron chi connectivity index (χ3n) is 16.2. The van der Waals surface area contributed by atoms with E-state index < -0.39 is 97.5 Å². The molecule has 19 heteroatoms. The smallest absolute Gasteiger partial charge is 0.462 e. The second-order valence-corrected chi connectivity index (χ2v) is 29.1. The SMILES string of the molecule is CC/C=C\C/C=C\C/C=C\C/C=C\CCCCCCCCC(=O)OCC(COP(=O)(O)OCC(O)COP(=O)(O)OCC(COC(=O)CCCCCCCCC/C=C\C/C=C\C/C=C\CC)OC(=O)CCCC/C=C\C/C=C\C/C=C\C/C=C\CC)OC(=O)CCCCCCC/C=C\C/C=C\C/C=C\CC. The first-order valence-corrected chi connectivity index (χ1v) is 43.4. The molecular weight excluding hydrogens is 1380 g/mol. The second kappa shape index (κ2) is 77.6. The summed E-state index contributed by atoms with van der Waals surface area (Å²) in [5.41, 5.74) is 0. The van der Waals surface area contributed by atoms with Crippen LogP contribution in [0.25, 0.3) is 0 Å². The minimum Gasteiger partial charge on any atom is -0.462 e. The second-order valence-electron chi connectivity index (χ2n) is 26.2. The average molecular weight is 1520 g/mol. The molecule has 0 saturated carbocycles. The van der Waals surface area contributed by atoms with E-state index in [-0.39, 0.29) is 25.7 Å². The number of phosphoric ester groups is 2. The maximum absolute atomic E-state index is 13.1. The first-order valence-electron chi connectivity index (χ1n) is 40.4. The lowest BCUT2D eigenvalue weighted by Crippen LogP contribution is -2.30. The minimum atomic E-state index is -5.00. The number of rotatable bonds is 74. The summed E-state index contributed by atoms with van der Waals surface area (Å²) < 4.78 is 68.6. The molecule has 5 atom stereocenters. The zero-order chi connectivity index (χ0) is 77.4. The minimum absolute atomic E-state index is 0.0345. The van der Waals surface area contributed by atoms with E-state index in [1.54, 1.807) is 0 Å². The average Bonchev–Trinajstić information content (AvgIpc) is 0.909. The summed E-state index contributed by atoms with van der Waals surface area (Å²) in [6, 6.07) is 0. The molecule has 0 saturated heterocycles. The van der Waals surface area contributed by atoms with Gasteiger partial charge in [0.2, 0.25) is 0 Å². The zero-order valence-corrected chi connectivity index (χ0v) is 67.6. The Morgan fingerprint density at radius 2 is 0.462 bits per heavy atom. The number of hydrogen-bond acceptors (Lipinski definition) is 15. The number of aliphatic hydroxyl groups excluding tert-OH is 1. The van der Waals surface area contributed by atoms with Gasteiger partial charge in [-0.3, -0.25) is 37.3 Å². The highest BCUT2D eigenvalue weighted by molar-refractivity contribution is 7.47. The van der Waals surface area contributed by atoms with Gasteiger partial charge < -0.3 is 33.8 Å². The van der Waals surface area contributed by atoms with Crippen LogP contribution < -0.4 is 0 Å². The summed E-state index contributed by atoms with van der Waals surface area (Å²) in [6.07, 6.45) is 91.9. The van der Waals surface area contributed by atoms with Gasteiger partial charge in [0, 0.05) is 25.7 Å². The van der Waals surface area contributed by atoms with Crippen LogP contribution in [0.1, 0.15) is 297 Å². The molecular formula is C87H142O17P2. The van der Waals surface area contributed by atoms with Crippen molar-refractivity contribution in [2.75, 3.05) is 39.6 Å². The Bertz CT molecular complexity index is 2680. The Labute approximate surface area is 642 Å². The fraction of sp³-hybridized carbons (Fsp3) is 0.632. The summed E-state index contributed by atoms with van der Waals surface area (Å²) in [5.74, 6) is -2.28. The van der Waals surface area contributed by atoms with Crippen molar-refractivity contribution in [2.45, 2.75) is 316 Å². The molecule has 0 aromatic rings. The van der Waals surface area contributed by atoms with Crippen LogP contribution in [0.15, 0.2) is 170 Å². The zero-order valence-electron chi connectivity index (χ0n) is 65.8. The Morgan fingerprint density at radius 1 is 0.264 bits per heavy atom. The van der Waals surface area contributed by atoms with Gasteiger partial charge in [0.25, 0.3) is 0 Å². The molecule has 0 amide bonds. The van der Waals surface area contributed by atoms with Crippen LogP contribution in [0, 0.1) is 0 Å². The topological polar surface area (TPSA) is 237 Å². The predicted molar refractivity (Wildman–Crippen MR) is 436 cm³/mol. The fourth-order valence-electron chi connectivity index (χ4n) is 10.2. The molecule has 5 unspecified atom stereocenters. The van der Waals surface area contributed by atoms with Gasteiger partial charge in [0.05, 0.1) is 26.4 Å². The number of esters is 4. The first-order chi connectivity index (χ1) is 51.7. The molecule has 0 heterocycles. The van der Waals surface area contributed by atoms with Gasteiger partial charge in [-0.15, -0.1) is 0 Å². The summed E-state index contributed by atoms with van der Waals surface area (Å²) in [4.78, 5) is 73.1. The number of carbonyl (C=O) groups is 4. The number of unbranched alkanes of at least 4 members (excludes halogenated alkanes) is 20. The van der Waals surface area contributed by atoms with Crippen LogP contribution in [0.3, 0.4) is 0 Å². The number of allylic oxidation sites excluding steroid dienone is 28. The normalized spacial score (nSPS) is 14.7. The van der Waals surface area contributed by atoms with Crippen molar-refractivity contribution in [3.05, 3.63) is 170 Å². The van der Waals surface area contributed by atoms with Crippen LogP contribution in [0.5, 0.6) is 0 Å². The molecule has 0 aliphatic heterocycles. The molecule has 0 bridgehead atoms. The summed E-state index contributed by atoms with van der Waals surface area (Å²) >= 11 is 0. The van der Waals surface area contributed by atoms with E-state index in [2.05, 4.69) is 198 Å². The molecule has 0 aliphatic carbocycles. The van der Waals surface area contributed by atoms with Gasteiger partial charge in [-0.1, -0.05) is 275 Å². The molecule has 0 radical (unpaired) electrons. The molecule has 0 aromatic heterocycles. The quantitative estimate of drug-likeness (QED) is 0.0169. The van der Waals surface area contributed by atoms with Crippen molar-refractivity contribution >= 4 is 39.5 Å². The molecule has 0 rings (SSSR count). The van der Waals surface area contributed by atoms with E-state index in [0.29, 0.717) is 32.1 Å². The number of carbonyl (C=O) groups excluding carboxylic acids is 4. The third-order valence-corrected chi connectivity index (χ3v) is 18.1. The first kappa shape index (κ1) is 100. The lowest BCUT2D eigenvalue weighted by molar-refractivity contribution is -0.161. The molecule has 0 aliphatic rings. The van der Waals surface area contributed by atoms with Crippen LogP contribution in [-0.4, -0.2) is 96.7 Å². The maximum Gasteiger partial charge on any atom is 0.472 e. The van der Waals surface area contributed by atoms with Crippen molar-refractivity contribution in [1.29, 1.82) is 0 Å². The standard InChI is InChI=1S/C87H142O17P2/c1-5-9-13-17-21-25-29-33-37-39-40-42-46-48-52-56-60-64-68-72-85(90)98-78-83(104-87(92)74-70-66-62-58-54-50-44-36-32-28-24-20-16-12-8-4)80-102-106(95,96)100-76-81(88)75-99-105(93,94)101-79-82(103-86(91)73-69-65-61-57-53-49-43-35-31-27-23-19-15-11-7-3)77-97-84(89)71-67-63-59-55-51-47-45-41-38-34-30-26-22-18-14-10-6-2/h9-16,21-28,33-38,40,42-44,53,57,81-83,88H,5-8,17-20,29-32,39,41,45-52,54-56,58-80H2,1-4H3,(H,93,94)(H,95,96)/b13-9-,14-10-,15-11-,16-12-,25-21-,26-22-,27-23-,28-24-,37-33-,38-34-,42-40-,43-35-,44-36-,57-53-. The summed E-state index contributed by atoms with van der Waals surface area (Å²) in [7, 11) is -10.00. The van der Waals surface area contributed by atoms with Crippen LogP contribution in [0.4, 0.5) is 0 Å². The van der Waals surface area contributed by atoms with E-state index >= 15 is 0 Å². The monoisotopic (exact) mass is 1520 g/mol. The van der Waals surface area contributed by atoms with Crippen LogP contribution in [-0.2, 0) is 65.4 Å². The van der Waals surface area contributed by atoms with Crippen molar-refractivity contribution in [1.82, 2.24) is 0 Å². The Hall–Kier alpha value is -5.58. The fourth-order valence-corrected chi connectivity index (χ4v) is 11.8. The number of ether oxygens (including phenoxy) is 4. The molecule has 17 nitrogen and oxygen atoms in total. The van der Waals surface area contributed by atoms with E-state index in [1.807, 2.05) is 0 Å². The van der Waals surface area contributed by atoms with Crippen molar-refractivity contribution in [3.63, 3.8) is 0 Å². The van der Waals surface area contributed by atoms with Crippen LogP contribution >= 0.6 is 15.6 Å². The molecule has 0 spiro atoms. The van der Waals surface area contributed by atoms with Gasteiger partial charge in [0.1, 0.15) is 19.3 Å². The van der Waals surface area contributed by atoms with Crippen molar-refractivity contribution < 1.29 is 80.2 Å². The van der Waals surface area contributed by atoms with E-state index in [4.69, 9.17) is 37.0 Å². The Morgan fingerprint density at radius 3 is 0.726 bits per heavy atom. The maximum atomic E-state index is 13.1. The predicted octanol–water partition coefficient (Wildman–Crippen LogP) is 23.8. The highest BCUT2D eigenvalue weighted by Crippen LogP contribution is 2.45. The lowest BCUT2D eigenvalue weighted by atomic mass is 10.1. The number of phosphoric acid groups is 2. The van der Waals surface area contributed by atoms with Gasteiger partial charge in [-0.2, -0.15) is 0 Å². The van der Waals surface area contributed by atoms with Gasteiger partial charge in [-0.25, -0.2) is 9.13 Å². The lowest BCUT2D eigenvalue weighted by Gasteiger charge is -2.21. The summed E-state index contributed by atoms with van der Waals surface area (Å²) in [5, 5.41) is 10.7. The Balaban J connectivity index is 5.43. The highest BCUT2D eigenvalue weighted by Gasteiger charge is 2.30. The highest BCUT2D eigenvalue weighted by atomic mass is 31.2. The van der Waals surface area contributed by atoms with Gasteiger partial charge >= 0.3 is 39.5 Å². The van der Waals surface area contributed by atoms with Gasteiger partial charge in [-0.05, 0) is 167 Å². The number of aliphatic hydroxyl groups is 1. The van der Waals surface area contributed by atoms with Crippen LogP contribution in [0.2, 0.25) is 0 Å². The molecule has 602 valence electrons. The molecule has 106 heavy (non-hydrogen) atoms. The largest absolute Gasteiger partial charge is 0.472 e. The van der Waals surface area contributed by atoms with E-state index in [0.717, 1.165) is 212 Å². The van der Waals surface area contributed by atoms with E-state index in [9.17, 15) is 43.2 Å². The van der Waals surface area contributed by atoms with Gasteiger partial charge in [0.15, 0.2) is 12.2 Å². The molecule has 0 fully saturated rings.